The van der Waals surface area contributed by atoms with Crippen molar-refractivity contribution >= 4 is 23.0 Å². The van der Waals surface area contributed by atoms with Gasteiger partial charge in [-0.1, -0.05) is 30.3 Å². The number of aliphatic hydroxyl groups excluding tert-OH is 1. The molecule has 0 radical (unpaired) electrons. The quantitative estimate of drug-likeness (QED) is 0.766. The molecular weight excluding hydrogens is 318 g/mol. The molecule has 6 nitrogen and oxygen atoms in total. The number of hydrogen-bond donors (Lipinski definition) is 2. The highest BCUT2D eigenvalue weighted by atomic mass is 16.4. The highest BCUT2D eigenvalue weighted by molar-refractivity contribution is 5.94. The summed E-state index contributed by atoms with van der Waals surface area (Å²) in [7, 11) is 0. The Morgan fingerprint density at radius 3 is 2.68 bits per heavy atom. The van der Waals surface area contributed by atoms with Gasteiger partial charge in [0, 0.05) is 12.1 Å². The molecule has 1 saturated heterocycles. The number of β-amino-alcohol motifs (C(OH)–C–C–N with tert-alkyl or cyclic N) is 1. The fraction of sp³-hybridized carbons (Fsp3) is 0.263. The van der Waals surface area contributed by atoms with Crippen LogP contribution in [0.15, 0.2) is 59.0 Å². The average molecular weight is 337 g/mol. The molecule has 0 aliphatic carbocycles. The van der Waals surface area contributed by atoms with Crippen molar-refractivity contribution < 1.29 is 14.3 Å². The predicted molar refractivity (Wildman–Crippen MR) is 94.5 cm³/mol. The molecule has 2 heterocycles. The second-order valence-corrected chi connectivity index (χ2v) is 6.21. The third-order valence-electron chi connectivity index (χ3n) is 4.49. The molecule has 1 aliphatic heterocycles. The van der Waals surface area contributed by atoms with Crippen LogP contribution in [0.25, 0.3) is 11.1 Å². The summed E-state index contributed by atoms with van der Waals surface area (Å²) in [5, 5.41) is 13.4. The molecule has 0 saturated carbocycles. The van der Waals surface area contributed by atoms with E-state index < -0.39 is 6.10 Å². The van der Waals surface area contributed by atoms with E-state index in [1.165, 1.54) is 0 Å². The third kappa shape index (κ3) is 3.21. The number of anilines is 1. The van der Waals surface area contributed by atoms with E-state index in [-0.39, 0.29) is 11.9 Å². The first-order valence-corrected chi connectivity index (χ1v) is 8.35. The summed E-state index contributed by atoms with van der Waals surface area (Å²) in [6, 6.07) is 16.8. The Labute approximate surface area is 145 Å². The molecule has 4 rings (SSSR count). The summed E-state index contributed by atoms with van der Waals surface area (Å²) < 4.78 is 5.76. The minimum Gasteiger partial charge on any atom is -0.423 e. The van der Waals surface area contributed by atoms with Crippen molar-refractivity contribution in [1.29, 1.82) is 0 Å². The number of para-hydroxylation sites is 2. The molecule has 1 aromatic heterocycles. The lowest BCUT2D eigenvalue weighted by Gasteiger charge is -2.35. The molecule has 2 aromatic carbocycles. The van der Waals surface area contributed by atoms with Crippen LogP contribution in [0.3, 0.4) is 0 Å². The Morgan fingerprint density at radius 2 is 1.92 bits per heavy atom. The number of piperidine rings is 1. The lowest BCUT2D eigenvalue weighted by molar-refractivity contribution is 0.0794. The van der Waals surface area contributed by atoms with Gasteiger partial charge in [-0.2, -0.15) is 4.98 Å². The molecule has 0 unspecified atom stereocenters. The van der Waals surface area contributed by atoms with Crippen LogP contribution in [0.5, 0.6) is 0 Å². The summed E-state index contributed by atoms with van der Waals surface area (Å²) in [6.07, 6.45) is -0.0604. The fourth-order valence-electron chi connectivity index (χ4n) is 3.11. The Morgan fingerprint density at radius 1 is 1.16 bits per heavy atom. The summed E-state index contributed by atoms with van der Waals surface area (Å²) >= 11 is 0. The van der Waals surface area contributed by atoms with Crippen molar-refractivity contribution in [3.63, 3.8) is 0 Å². The van der Waals surface area contributed by atoms with E-state index >= 15 is 0 Å². The molecule has 25 heavy (non-hydrogen) atoms. The van der Waals surface area contributed by atoms with Gasteiger partial charge in [-0.15, -0.1) is 0 Å². The van der Waals surface area contributed by atoms with Gasteiger partial charge in [-0.25, -0.2) is 0 Å². The van der Waals surface area contributed by atoms with E-state index in [0.717, 1.165) is 11.1 Å². The summed E-state index contributed by atoms with van der Waals surface area (Å²) in [4.78, 5) is 18.6. The fourth-order valence-corrected chi connectivity index (χ4v) is 3.11. The third-order valence-corrected chi connectivity index (χ3v) is 4.49. The van der Waals surface area contributed by atoms with E-state index in [0.29, 0.717) is 31.1 Å². The number of carbonyl (C=O) groups excluding carboxylic acids is 1. The molecule has 3 aromatic rings. The van der Waals surface area contributed by atoms with Gasteiger partial charge in [0.1, 0.15) is 5.52 Å². The number of aromatic nitrogens is 1. The smallest absolute Gasteiger partial charge is 0.298 e. The highest BCUT2D eigenvalue weighted by Crippen LogP contribution is 2.24. The Balaban J connectivity index is 1.42. The van der Waals surface area contributed by atoms with Crippen LogP contribution in [0.1, 0.15) is 16.8 Å². The number of benzene rings is 2. The number of nitrogens with one attached hydrogen (secondary N) is 1. The largest absolute Gasteiger partial charge is 0.423 e. The maximum absolute atomic E-state index is 12.3. The lowest BCUT2D eigenvalue weighted by atomic mass is 10.0. The van der Waals surface area contributed by atoms with Crippen LogP contribution in [0, 0.1) is 0 Å². The van der Waals surface area contributed by atoms with Crippen molar-refractivity contribution in [1.82, 2.24) is 10.3 Å². The number of oxazole rings is 1. The Kier molecular flexibility index (Phi) is 4.11. The standard InChI is InChI=1S/C19H19N3O3/c23-16-12-22(19-21-15-8-4-5-9-17(15)25-19)11-10-14(16)20-18(24)13-6-2-1-3-7-13/h1-9,14,16,23H,10-12H2,(H,20,24)/t14-,16-/m1/s1. The predicted octanol–water partition coefficient (Wildman–Crippen LogP) is 2.20. The first-order chi connectivity index (χ1) is 12.2. The average Bonchev–Trinajstić information content (AvgIpc) is 3.08. The minimum atomic E-state index is -0.684. The summed E-state index contributed by atoms with van der Waals surface area (Å²) in [5.41, 5.74) is 2.12. The van der Waals surface area contributed by atoms with E-state index in [4.69, 9.17) is 4.42 Å². The number of fused-ring (bicyclic) bond motifs is 1. The SMILES string of the molecule is O=C(N[C@@H]1CCN(c2nc3ccccc3o2)C[C@H]1O)c1ccccc1. The van der Waals surface area contributed by atoms with Gasteiger partial charge in [-0.05, 0) is 30.7 Å². The van der Waals surface area contributed by atoms with E-state index in [1.54, 1.807) is 12.1 Å². The van der Waals surface area contributed by atoms with Gasteiger partial charge in [0.15, 0.2) is 5.58 Å². The number of hydrogen-bond acceptors (Lipinski definition) is 5. The van der Waals surface area contributed by atoms with Crippen molar-refractivity contribution in [3.8, 4) is 0 Å². The van der Waals surface area contributed by atoms with E-state index in [2.05, 4.69) is 10.3 Å². The number of amides is 1. The number of aliphatic hydroxyl groups is 1. The van der Waals surface area contributed by atoms with Gasteiger partial charge in [-0.3, -0.25) is 4.79 Å². The zero-order valence-electron chi connectivity index (χ0n) is 13.6. The molecule has 2 atom stereocenters. The monoisotopic (exact) mass is 337 g/mol. The van der Waals surface area contributed by atoms with Gasteiger partial charge < -0.3 is 19.7 Å². The molecule has 1 aliphatic rings. The number of rotatable bonds is 3. The summed E-state index contributed by atoms with van der Waals surface area (Å²) in [6.45, 7) is 1.02. The first kappa shape index (κ1) is 15.7. The highest BCUT2D eigenvalue weighted by Gasteiger charge is 2.31. The number of nitrogens with zero attached hydrogens (tertiary/aromatic N) is 2. The van der Waals surface area contributed by atoms with Crippen molar-refractivity contribution in [2.24, 2.45) is 0 Å². The van der Waals surface area contributed by atoms with Crippen LogP contribution in [-0.4, -0.2) is 41.2 Å². The van der Waals surface area contributed by atoms with Gasteiger partial charge >= 0.3 is 0 Å². The maximum Gasteiger partial charge on any atom is 0.298 e. The molecule has 0 bridgehead atoms. The zero-order chi connectivity index (χ0) is 17.2. The normalized spacial score (nSPS) is 20.6. The van der Waals surface area contributed by atoms with Crippen LogP contribution >= 0.6 is 0 Å². The van der Waals surface area contributed by atoms with Crippen molar-refractivity contribution in [2.45, 2.75) is 18.6 Å². The van der Waals surface area contributed by atoms with E-state index in [9.17, 15) is 9.90 Å². The van der Waals surface area contributed by atoms with Crippen LogP contribution < -0.4 is 10.2 Å². The van der Waals surface area contributed by atoms with Crippen LogP contribution in [0.4, 0.5) is 6.01 Å². The zero-order valence-corrected chi connectivity index (χ0v) is 13.6. The lowest BCUT2D eigenvalue weighted by Crippen LogP contribution is -2.54. The Hall–Kier alpha value is -2.86. The Bertz CT molecular complexity index is 845. The molecule has 0 spiro atoms. The van der Waals surface area contributed by atoms with Crippen LogP contribution in [0.2, 0.25) is 0 Å². The molecule has 128 valence electrons. The van der Waals surface area contributed by atoms with Crippen molar-refractivity contribution in [3.05, 3.63) is 60.2 Å². The van der Waals surface area contributed by atoms with Crippen LogP contribution in [-0.2, 0) is 0 Å². The molecule has 2 N–H and O–H groups in total. The maximum atomic E-state index is 12.3. The second-order valence-electron chi connectivity index (χ2n) is 6.21. The van der Waals surface area contributed by atoms with Crippen molar-refractivity contribution in [2.75, 3.05) is 18.0 Å². The van der Waals surface area contributed by atoms with E-state index in [1.807, 2.05) is 47.4 Å². The minimum absolute atomic E-state index is 0.167. The number of carbonyl (C=O) groups is 1. The van der Waals surface area contributed by atoms with Gasteiger partial charge in [0.05, 0.1) is 18.7 Å². The molecule has 1 fully saturated rings. The summed E-state index contributed by atoms with van der Waals surface area (Å²) in [5.74, 6) is -0.167. The molecular formula is C19H19N3O3. The van der Waals surface area contributed by atoms with Gasteiger partial charge in [0.2, 0.25) is 0 Å². The topological polar surface area (TPSA) is 78.6 Å². The van der Waals surface area contributed by atoms with Gasteiger partial charge in [0.25, 0.3) is 11.9 Å². The molecule has 6 heteroatoms. The second kappa shape index (κ2) is 6.57. The molecule has 1 amide bonds. The first-order valence-electron chi connectivity index (χ1n) is 8.35.